The SMILES string of the molecule is Cc1cccc(N2CCN(S(=O)(=O)c3ccc4c(c3)CCCC(=O)N4)CC2C)c1. The van der Waals surface area contributed by atoms with Crippen LogP contribution in [0.2, 0.25) is 0 Å². The van der Waals surface area contributed by atoms with Crippen molar-refractivity contribution < 1.29 is 13.2 Å². The Bertz CT molecular complexity index is 1040. The van der Waals surface area contributed by atoms with Crippen LogP contribution < -0.4 is 10.2 Å². The molecule has 2 aromatic rings. The number of amides is 1. The molecule has 6 nitrogen and oxygen atoms in total. The summed E-state index contributed by atoms with van der Waals surface area (Å²) in [6.07, 6.45) is 1.90. The third-order valence-corrected chi connectivity index (χ3v) is 7.62. The van der Waals surface area contributed by atoms with Gasteiger partial charge in [-0.3, -0.25) is 4.79 Å². The number of anilines is 2. The largest absolute Gasteiger partial charge is 0.366 e. The first kappa shape index (κ1) is 19.9. The maximum atomic E-state index is 13.3. The van der Waals surface area contributed by atoms with E-state index < -0.39 is 10.0 Å². The molecule has 2 heterocycles. The number of nitrogens with one attached hydrogen (secondary N) is 1. The van der Waals surface area contributed by atoms with Gasteiger partial charge in [0.05, 0.1) is 4.90 Å². The fourth-order valence-electron chi connectivity index (χ4n) is 4.19. The highest BCUT2D eigenvalue weighted by Gasteiger charge is 2.33. The number of aryl methyl sites for hydroxylation is 2. The number of hydrogen-bond donors (Lipinski definition) is 1. The zero-order valence-corrected chi connectivity index (χ0v) is 17.7. The van der Waals surface area contributed by atoms with E-state index in [-0.39, 0.29) is 11.9 Å². The summed E-state index contributed by atoms with van der Waals surface area (Å²) in [5.41, 5.74) is 3.95. The van der Waals surface area contributed by atoms with Gasteiger partial charge in [-0.25, -0.2) is 8.42 Å². The fourth-order valence-corrected chi connectivity index (χ4v) is 5.76. The van der Waals surface area contributed by atoms with Gasteiger partial charge in [-0.2, -0.15) is 4.31 Å². The predicted octanol–water partition coefficient (Wildman–Crippen LogP) is 3.17. The van der Waals surface area contributed by atoms with Crippen LogP contribution in [-0.2, 0) is 21.2 Å². The lowest BCUT2D eigenvalue weighted by Crippen LogP contribution is -2.53. The second-order valence-electron chi connectivity index (χ2n) is 7.97. The molecule has 0 saturated carbocycles. The summed E-state index contributed by atoms with van der Waals surface area (Å²) < 4.78 is 28.2. The van der Waals surface area contributed by atoms with Gasteiger partial charge in [0.2, 0.25) is 15.9 Å². The van der Waals surface area contributed by atoms with E-state index in [1.54, 1.807) is 22.5 Å². The Balaban J connectivity index is 1.54. The lowest BCUT2D eigenvalue weighted by atomic mass is 10.1. The number of nitrogens with zero attached hydrogens (tertiary/aromatic N) is 2. The van der Waals surface area contributed by atoms with Crippen molar-refractivity contribution >= 4 is 27.3 Å². The highest BCUT2D eigenvalue weighted by atomic mass is 32.2. The van der Waals surface area contributed by atoms with Gasteiger partial charge in [-0.05, 0) is 68.1 Å². The summed E-state index contributed by atoms with van der Waals surface area (Å²) >= 11 is 0. The molecule has 4 rings (SSSR count). The second-order valence-corrected chi connectivity index (χ2v) is 9.90. The number of hydrogen-bond acceptors (Lipinski definition) is 4. The maximum Gasteiger partial charge on any atom is 0.243 e. The van der Waals surface area contributed by atoms with Crippen molar-refractivity contribution in [3.63, 3.8) is 0 Å². The minimum absolute atomic E-state index is 0.0135. The van der Waals surface area contributed by atoms with Gasteiger partial charge in [0.25, 0.3) is 0 Å². The van der Waals surface area contributed by atoms with Crippen molar-refractivity contribution in [2.75, 3.05) is 29.9 Å². The number of piperazine rings is 1. The molecule has 29 heavy (non-hydrogen) atoms. The van der Waals surface area contributed by atoms with Gasteiger partial charge in [-0.15, -0.1) is 0 Å². The van der Waals surface area contributed by atoms with Crippen molar-refractivity contribution in [3.05, 3.63) is 53.6 Å². The molecule has 0 aliphatic carbocycles. The van der Waals surface area contributed by atoms with E-state index >= 15 is 0 Å². The Kier molecular flexibility index (Phi) is 5.36. The summed E-state index contributed by atoms with van der Waals surface area (Å²) in [7, 11) is -3.57. The third-order valence-electron chi connectivity index (χ3n) is 5.76. The maximum absolute atomic E-state index is 13.3. The van der Waals surface area contributed by atoms with Crippen LogP contribution >= 0.6 is 0 Å². The van der Waals surface area contributed by atoms with Crippen LogP contribution in [0, 0.1) is 6.92 Å². The average molecular weight is 414 g/mol. The van der Waals surface area contributed by atoms with Gasteiger partial charge in [0, 0.05) is 43.5 Å². The number of benzene rings is 2. The summed E-state index contributed by atoms with van der Waals surface area (Å²) in [6, 6.07) is 13.5. The second kappa shape index (κ2) is 7.80. The van der Waals surface area contributed by atoms with Crippen LogP contribution in [0.4, 0.5) is 11.4 Å². The molecule has 2 aliphatic heterocycles. The third kappa shape index (κ3) is 4.02. The standard InChI is InChI=1S/C22H27N3O3S/c1-16-5-3-7-19(13-16)25-12-11-24(15-17(25)2)29(27,28)20-9-10-21-18(14-20)6-4-8-22(26)23-21/h3,5,7,9-10,13-14,17H,4,6,8,11-12,15H2,1-2H3,(H,23,26). The van der Waals surface area contributed by atoms with E-state index in [1.165, 1.54) is 5.56 Å². The number of fused-ring (bicyclic) bond motifs is 1. The fraction of sp³-hybridized carbons (Fsp3) is 0.409. The molecule has 0 bridgehead atoms. The Labute approximate surface area is 172 Å². The van der Waals surface area contributed by atoms with Crippen LogP contribution in [0.5, 0.6) is 0 Å². The average Bonchev–Trinajstić information content (AvgIpc) is 2.87. The van der Waals surface area contributed by atoms with Gasteiger partial charge < -0.3 is 10.2 Å². The lowest BCUT2D eigenvalue weighted by Gasteiger charge is -2.40. The molecule has 2 aliphatic rings. The monoisotopic (exact) mass is 413 g/mol. The minimum Gasteiger partial charge on any atom is -0.366 e. The number of carbonyl (C=O) groups is 1. The molecule has 1 fully saturated rings. The normalized spacial score (nSPS) is 20.7. The van der Waals surface area contributed by atoms with E-state index in [9.17, 15) is 13.2 Å². The highest BCUT2D eigenvalue weighted by molar-refractivity contribution is 7.89. The zero-order valence-electron chi connectivity index (χ0n) is 16.9. The van der Waals surface area contributed by atoms with E-state index in [1.807, 2.05) is 6.07 Å². The van der Waals surface area contributed by atoms with Crippen molar-refractivity contribution in [3.8, 4) is 0 Å². The smallest absolute Gasteiger partial charge is 0.243 e. The number of rotatable bonds is 3. The molecular formula is C22H27N3O3S. The molecule has 1 saturated heterocycles. The zero-order chi connectivity index (χ0) is 20.6. The van der Waals surface area contributed by atoms with Crippen molar-refractivity contribution in [2.24, 2.45) is 0 Å². The Morgan fingerprint density at radius 2 is 1.90 bits per heavy atom. The number of carbonyl (C=O) groups excluding carboxylic acids is 1. The highest BCUT2D eigenvalue weighted by Crippen LogP contribution is 2.29. The van der Waals surface area contributed by atoms with Gasteiger partial charge in [-0.1, -0.05) is 12.1 Å². The molecule has 7 heteroatoms. The molecule has 154 valence electrons. The van der Waals surface area contributed by atoms with Crippen LogP contribution in [0.25, 0.3) is 0 Å². The molecule has 1 unspecified atom stereocenters. The van der Waals surface area contributed by atoms with E-state index in [4.69, 9.17) is 0 Å². The van der Waals surface area contributed by atoms with Crippen LogP contribution in [0.3, 0.4) is 0 Å². The van der Waals surface area contributed by atoms with E-state index in [0.29, 0.717) is 37.4 Å². The lowest BCUT2D eigenvalue weighted by molar-refractivity contribution is -0.116. The topological polar surface area (TPSA) is 69.7 Å². The van der Waals surface area contributed by atoms with Crippen molar-refractivity contribution in [1.82, 2.24) is 4.31 Å². The van der Waals surface area contributed by atoms with Gasteiger partial charge in [0.15, 0.2) is 0 Å². The summed E-state index contributed by atoms with van der Waals surface area (Å²) in [4.78, 5) is 14.3. The van der Waals surface area contributed by atoms with Gasteiger partial charge >= 0.3 is 0 Å². The summed E-state index contributed by atoms with van der Waals surface area (Å²) in [5.74, 6) is -0.0135. The molecule has 0 aromatic heterocycles. The van der Waals surface area contributed by atoms with E-state index in [0.717, 1.165) is 23.4 Å². The van der Waals surface area contributed by atoms with Crippen LogP contribution in [0.1, 0.15) is 30.9 Å². The first-order valence-electron chi connectivity index (χ1n) is 10.1. The van der Waals surface area contributed by atoms with Crippen molar-refractivity contribution in [2.45, 2.75) is 44.0 Å². The first-order chi connectivity index (χ1) is 13.8. The molecule has 0 spiro atoms. The summed E-state index contributed by atoms with van der Waals surface area (Å²) in [6.45, 7) is 5.69. The molecular weight excluding hydrogens is 386 g/mol. The summed E-state index contributed by atoms with van der Waals surface area (Å²) in [5, 5.41) is 2.86. The van der Waals surface area contributed by atoms with Gasteiger partial charge in [0.1, 0.15) is 0 Å². The molecule has 2 aromatic carbocycles. The first-order valence-corrected chi connectivity index (χ1v) is 11.5. The van der Waals surface area contributed by atoms with E-state index in [2.05, 4.69) is 42.3 Å². The molecule has 1 atom stereocenters. The quantitative estimate of drug-likeness (QED) is 0.839. The predicted molar refractivity (Wildman–Crippen MR) is 115 cm³/mol. The Hall–Kier alpha value is -2.38. The number of sulfonamides is 1. The molecule has 1 amide bonds. The minimum atomic E-state index is -3.57. The van der Waals surface area contributed by atoms with Crippen LogP contribution in [0.15, 0.2) is 47.4 Å². The van der Waals surface area contributed by atoms with Crippen molar-refractivity contribution in [1.29, 1.82) is 0 Å². The molecule has 0 radical (unpaired) electrons. The Morgan fingerprint density at radius 1 is 1.07 bits per heavy atom. The van der Waals surface area contributed by atoms with Crippen LogP contribution in [-0.4, -0.2) is 44.3 Å². The Morgan fingerprint density at radius 3 is 2.66 bits per heavy atom. The molecule has 1 N–H and O–H groups in total.